The van der Waals surface area contributed by atoms with Crippen LogP contribution < -0.4 is 5.32 Å². The van der Waals surface area contributed by atoms with Gasteiger partial charge in [-0.25, -0.2) is 4.79 Å². The van der Waals surface area contributed by atoms with Crippen molar-refractivity contribution in [3.8, 4) is 0 Å². The van der Waals surface area contributed by atoms with Gasteiger partial charge in [0.15, 0.2) is 0 Å². The van der Waals surface area contributed by atoms with Crippen LogP contribution in [0, 0.1) is 0 Å². The van der Waals surface area contributed by atoms with E-state index in [1.165, 1.54) is 0 Å². The van der Waals surface area contributed by atoms with E-state index in [1.54, 1.807) is 0 Å². The minimum Gasteiger partial charge on any atom is -0.336 e. The molecule has 2 amide bonds. The molecule has 0 radical (unpaired) electrons. The number of amides is 2. The van der Waals surface area contributed by atoms with Gasteiger partial charge in [0.05, 0.1) is 0 Å². The topological polar surface area (TPSA) is 32.3 Å². The second-order valence-electron chi connectivity index (χ2n) is 3.20. The summed E-state index contributed by atoms with van der Waals surface area (Å²) in [7, 11) is 0. The van der Waals surface area contributed by atoms with E-state index < -0.39 is 0 Å². The molecule has 0 aromatic rings. The van der Waals surface area contributed by atoms with Crippen molar-refractivity contribution in [3.63, 3.8) is 0 Å². The molecule has 0 saturated carbocycles. The Morgan fingerprint density at radius 3 is 2.50 bits per heavy atom. The van der Waals surface area contributed by atoms with Gasteiger partial charge in [-0.05, 0) is 13.8 Å². The Bertz CT molecular complexity index is 155. The van der Waals surface area contributed by atoms with Crippen molar-refractivity contribution in [2.45, 2.75) is 19.9 Å². The number of urea groups is 1. The second-order valence-corrected chi connectivity index (χ2v) is 4.43. The van der Waals surface area contributed by atoms with Gasteiger partial charge in [0, 0.05) is 30.6 Å². The highest BCUT2D eigenvalue weighted by Gasteiger charge is 2.16. The van der Waals surface area contributed by atoms with E-state index in [2.05, 4.69) is 5.32 Å². The minimum atomic E-state index is 0.0882. The molecule has 1 saturated heterocycles. The van der Waals surface area contributed by atoms with E-state index in [4.69, 9.17) is 0 Å². The minimum absolute atomic E-state index is 0.0882. The summed E-state index contributed by atoms with van der Waals surface area (Å²) in [4.78, 5) is 13.3. The number of rotatable bonds is 1. The molecule has 1 heterocycles. The maximum absolute atomic E-state index is 11.4. The summed E-state index contributed by atoms with van der Waals surface area (Å²) in [6.07, 6.45) is 0. The third-order valence-electron chi connectivity index (χ3n) is 1.71. The summed E-state index contributed by atoms with van der Waals surface area (Å²) in [6, 6.07) is 0.331. The van der Waals surface area contributed by atoms with Crippen LogP contribution in [0.25, 0.3) is 0 Å². The lowest BCUT2D eigenvalue weighted by Gasteiger charge is -2.27. The van der Waals surface area contributed by atoms with E-state index in [-0.39, 0.29) is 12.1 Å². The zero-order chi connectivity index (χ0) is 8.97. The molecule has 0 bridgehead atoms. The molecule has 1 aliphatic rings. The van der Waals surface area contributed by atoms with Gasteiger partial charge in [-0.15, -0.1) is 0 Å². The fraction of sp³-hybridized carbons (Fsp3) is 0.875. The van der Waals surface area contributed by atoms with Crippen LogP contribution in [0.15, 0.2) is 0 Å². The molecule has 12 heavy (non-hydrogen) atoms. The third-order valence-corrected chi connectivity index (χ3v) is 2.65. The first kappa shape index (κ1) is 9.71. The predicted octanol–water partition coefficient (Wildman–Crippen LogP) is 1.15. The zero-order valence-corrected chi connectivity index (χ0v) is 8.49. The Kier molecular flexibility index (Phi) is 3.72. The predicted molar refractivity (Wildman–Crippen MR) is 52.6 cm³/mol. The molecule has 0 aromatic heterocycles. The lowest BCUT2D eigenvalue weighted by atomic mass is 10.4. The fourth-order valence-corrected chi connectivity index (χ4v) is 2.01. The summed E-state index contributed by atoms with van der Waals surface area (Å²) < 4.78 is 0. The van der Waals surface area contributed by atoms with E-state index >= 15 is 0 Å². The molecule has 4 heteroatoms. The molecular formula is C8H16N2OS. The molecule has 1 fully saturated rings. The van der Waals surface area contributed by atoms with Crippen molar-refractivity contribution in [2.75, 3.05) is 24.6 Å². The fourth-order valence-electron chi connectivity index (χ4n) is 1.10. The first-order valence-electron chi connectivity index (χ1n) is 4.33. The SMILES string of the molecule is CC(C)NC(=O)N1CCSCC1. The highest BCUT2D eigenvalue weighted by molar-refractivity contribution is 7.99. The number of carbonyl (C=O) groups is 1. The third kappa shape index (κ3) is 2.93. The van der Waals surface area contributed by atoms with Gasteiger partial charge in [-0.2, -0.15) is 11.8 Å². The summed E-state index contributed by atoms with van der Waals surface area (Å²) in [5.41, 5.74) is 0. The molecule has 0 spiro atoms. The van der Waals surface area contributed by atoms with Crippen molar-refractivity contribution in [3.05, 3.63) is 0 Å². The number of hydrogen-bond acceptors (Lipinski definition) is 2. The Hall–Kier alpha value is -0.380. The summed E-state index contributed by atoms with van der Waals surface area (Å²) >= 11 is 1.91. The molecule has 3 nitrogen and oxygen atoms in total. The highest BCUT2D eigenvalue weighted by Crippen LogP contribution is 2.08. The molecule has 0 unspecified atom stereocenters. The molecule has 0 aliphatic carbocycles. The van der Waals surface area contributed by atoms with Gasteiger partial charge in [0.2, 0.25) is 0 Å². The van der Waals surface area contributed by atoms with Crippen molar-refractivity contribution < 1.29 is 4.79 Å². The Morgan fingerprint density at radius 1 is 1.42 bits per heavy atom. The maximum Gasteiger partial charge on any atom is 0.317 e. The molecule has 70 valence electrons. The molecule has 1 rings (SSSR count). The van der Waals surface area contributed by atoms with Crippen molar-refractivity contribution in [1.29, 1.82) is 0 Å². The Labute approximate surface area is 77.9 Å². The van der Waals surface area contributed by atoms with Crippen molar-refractivity contribution in [2.24, 2.45) is 0 Å². The van der Waals surface area contributed by atoms with Crippen molar-refractivity contribution >= 4 is 17.8 Å². The van der Waals surface area contributed by atoms with Crippen LogP contribution in [0.5, 0.6) is 0 Å². The highest BCUT2D eigenvalue weighted by atomic mass is 32.2. The molecule has 0 atom stereocenters. The van der Waals surface area contributed by atoms with Gasteiger partial charge >= 0.3 is 6.03 Å². The number of nitrogens with one attached hydrogen (secondary N) is 1. The Morgan fingerprint density at radius 2 is 2.00 bits per heavy atom. The smallest absolute Gasteiger partial charge is 0.317 e. The monoisotopic (exact) mass is 188 g/mol. The molecule has 1 aliphatic heterocycles. The molecule has 0 aromatic carbocycles. The van der Waals surface area contributed by atoms with Crippen LogP contribution >= 0.6 is 11.8 Å². The zero-order valence-electron chi connectivity index (χ0n) is 7.67. The number of hydrogen-bond donors (Lipinski definition) is 1. The van der Waals surface area contributed by atoms with Gasteiger partial charge in [0.25, 0.3) is 0 Å². The Balaban J connectivity index is 2.30. The normalized spacial score (nSPS) is 18.1. The van der Waals surface area contributed by atoms with E-state index in [1.807, 2.05) is 30.5 Å². The second kappa shape index (κ2) is 4.60. The number of thioether (sulfide) groups is 1. The lowest BCUT2D eigenvalue weighted by molar-refractivity contribution is 0.200. The first-order valence-corrected chi connectivity index (χ1v) is 5.49. The van der Waals surface area contributed by atoms with E-state index in [0.717, 1.165) is 24.6 Å². The van der Waals surface area contributed by atoms with Crippen LogP contribution in [-0.2, 0) is 0 Å². The van der Waals surface area contributed by atoms with Gasteiger partial charge in [-0.3, -0.25) is 0 Å². The van der Waals surface area contributed by atoms with E-state index in [0.29, 0.717) is 0 Å². The number of carbonyl (C=O) groups excluding carboxylic acids is 1. The number of nitrogens with zero attached hydrogens (tertiary/aromatic N) is 1. The largest absolute Gasteiger partial charge is 0.336 e. The van der Waals surface area contributed by atoms with Crippen molar-refractivity contribution in [1.82, 2.24) is 10.2 Å². The lowest BCUT2D eigenvalue weighted by Crippen LogP contribution is -2.46. The van der Waals surface area contributed by atoms with Gasteiger partial charge in [0.1, 0.15) is 0 Å². The average Bonchev–Trinajstić information content (AvgIpc) is 2.05. The van der Waals surface area contributed by atoms with Crippen LogP contribution in [0.2, 0.25) is 0 Å². The molecule has 1 N–H and O–H groups in total. The van der Waals surface area contributed by atoms with Gasteiger partial charge < -0.3 is 10.2 Å². The van der Waals surface area contributed by atoms with Crippen LogP contribution in [0.1, 0.15) is 13.8 Å². The van der Waals surface area contributed by atoms with Crippen LogP contribution in [0.4, 0.5) is 4.79 Å². The first-order chi connectivity index (χ1) is 5.70. The molecular weight excluding hydrogens is 172 g/mol. The summed E-state index contributed by atoms with van der Waals surface area (Å²) in [5, 5.41) is 2.89. The summed E-state index contributed by atoms with van der Waals surface area (Å²) in [5.74, 6) is 2.15. The van der Waals surface area contributed by atoms with E-state index in [9.17, 15) is 4.79 Å². The quantitative estimate of drug-likeness (QED) is 0.669. The standard InChI is InChI=1S/C8H16N2OS/c1-7(2)9-8(11)10-3-5-12-6-4-10/h7H,3-6H2,1-2H3,(H,9,11). The summed E-state index contributed by atoms with van der Waals surface area (Å²) in [6.45, 7) is 5.75. The average molecular weight is 188 g/mol. The van der Waals surface area contributed by atoms with Crippen LogP contribution in [-0.4, -0.2) is 41.6 Å². The van der Waals surface area contributed by atoms with Gasteiger partial charge in [-0.1, -0.05) is 0 Å². The maximum atomic E-state index is 11.4. The van der Waals surface area contributed by atoms with Crippen LogP contribution in [0.3, 0.4) is 0 Å².